The third-order valence-electron chi connectivity index (χ3n) is 5.98. The molecule has 1 atom stereocenters. The summed E-state index contributed by atoms with van der Waals surface area (Å²) in [5.41, 5.74) is 11.3. The Bertz CT molecular complexity index is 1130. The van der Waals surface area contributed by atoms with Crippen LogP contribution in [0.25, 0.3) is 21.9 Å². The average Bonchev–Trinajstić information content (AvgIpc) is 3.18. The fraction of sp³-hybridized carbons (Fsp3) is 0.345. The van der Waals surface area contributed by atoms with Gasteiger partial charge in [-0.15, -0.1) is 71.3 Å². The maximum atomic E-state index is 3.36. The SMILES string of the molecule is CC1=[C-]C(C)C(C)=C1C.C[Si](C)=[Zr+2].Cc1[cH-]c2c(C)ccc(C)c2c1-c1ccccc1.Cl.Cl. The van der Waals surface area contributed by atoms with E-state index in [0.29, 0.717) is 5.92 Å². The van der Waals surface area contributed by atoms with Crippen LogP contribution >= 0.6 is 24.8 Å². The second kappa shape index (κ2) is 14.6. The molecule has 0 N–H and O–H groups in total. The molecule has 0 amide bonds. The van der Waals surface area contributed by atoms with Crippen molar-refractivity contribution >= 4 is 41.0 Å². The van der Waals surface area contributed by atoms with E-state index in [0.717, 1.165) is 0 Å². The first-order valence-electron chi connectivity index (χ1n) is 11.1. The van der Waals surface area contributed by atoms with E-state index in [1.165, 1.54) is 55.3 Å². The predicted molar refractivity (Wildman–Crippen MR) is 151 cm³/mol. The number of halogens is 2. The summed E-state index contributed by atoms with van der Waals surface area (Å²) in [5.74, 6) is 0.560. The van der Waals surface area contributed by atoms with Crippen molar-refractivity contribution in [3.05, 3.63) is 88.0 Å². The quantitative estimate of drug-likeness (QED) is 0.200. The molecular formula is C29H38Cl2SiZr. The number of hydrogen-bond donors (Lipinski definition) is 0. The third kappa shape index (κ3) is 8.43. The summed E-state index contributed by atoms with van der Waals surface area (Å²) in [6.45, 7) is 19.9. The number of rotatable bonds is 1. The zero-order chi connectivity index (χ0) is 23.3. The Hall–Kier alpha value is -0.790. The minimum absolute atomic E-state index is 0. The van der Waals surface area contributed by atoms with E-state index in [2.05, 4.69) is 116 Å². The molecule has 176 valence electrons. The number of benzene rings is 2. The maximum absolute atomic E-state index is 3.36. The molecule has 4 heteroatoms. The van der Waals surface area contributed by atoms with Gasteiger partial charge in [-0.2, -0.15) is 11.1 Å². The van der Waals surface area contributed by atoms with Crippen LogP contribution in [0.2, 0.25) is 13.1 Å². The molecule has 33 heavy (non-hydrogen) atoms. The van der Waals surface area contributed by atoms with Crippen LogP contribution in [0, 0.1) is 32.8 Å². The van der Waals surface area contributed by atoms with Crippen LogP contribution in [0.3, 0.4) is 0 Å². The van der Waals surface area contributed by atoms with Crippen LogP contribution in [-0.2, 0) is 23.3 Å². The van der Waals surface area contributed by atoms with Crippen molar-refractivity contribution in [1.29, 1.82) is 0 Å². The van der Waals surface area contributed by atoms with Gasteiger partial charge in [0.2, 0.25) is 0 Å². The van der Waals surface area contributed by atoms with Crippen LogP contribution in [0.15, 0.2) is 65.3 Å². The van der Waals surface area contributed by atoms with Gasteiger partial charge in [0, 0.05) is 0 Å². The zero-order valence-electron chi connectivity index (χ0n) is 21.5. The Morgan fingerprint density at radius 1 is 0.848 bits per heavy atom. The van der Waals surface area contributed by atoms with Gasteiger partial charge in [-0.25, -0.2) is 5.57 Å². The Morgan fingerprint density at radius 2 is 1.36 bits per heavy atom. The van der Waals surface area contributed by atoms with Crippen molar-refractivity contribution in [2.75, 3.05) is 0 Å². The molecule has 0 saturated carbocycles. The fourth-order valence-electron chi connectivity index (χ4n) is 3.97. The molecule has 0 saturated heterocycles. The molecule has 0 nitrogen and oxygen atoms in total. The number of allylic oxidation sites excluding steroid dienone is 4. The van der Waals surface area contributed by atoms with Gasteiger partial charge >= 0.3 is 41.9 Å². The van der Waals surface area contributed by atoms with Crippen LogP contribution < -0.4 is 0 Å². The van der Waals surface area contributed by atoms with Gasteiger partial charge in [0.05, 0.1) is 0 Å². The van der Waals surface area contributed by atoms with Gasteiger partial charge in [0.15, 0.2) is 0 Å². The van der Waals surface area contributed by atoms with Crippen molar-refractivity contribution in [2.24, 2.45) is 5.92 Å². The van der Waals surface area contributed by atoms with Gasteiger partial charge in [0.25, 0.3) is 0 Å². The first-order valence-corrected chi connectivity index (χ1v) is 17.2. The first-order chi connectivity index (χ1) is 14.5. The molecular weight excluding hydrogens is 539 g/mol. The van der Waals surface area contributed by atoms with Gasteiger partial charge in [-0.1, -0.05) is 88.1 Å². The van der Waals surface area contributed by atoms with E-state index in [1.54, 1.807) is 23.3 Å². The van der Waals surface area contributed by atoms with Gasteiger partial charge in [-0.05, 0) is 6.92 Å². The smallest absolute Gasteiger partial charge is 0.0487 e. The van der Waals surface area contributed by atoms with Crippen molar-refractivity contribution in [3.8, 4) is 11.1 Å². The second-order valence-corrected chi connectivity index (χ2v) is 18.2. The van der Waals surface area contributed by atoms with Crippen LogP contribution in [0.4, 0.5) is 0 Å². The summed E-state index contributed by atoms with van der Waals surface area (Å²) < 4.78 is 0. The topological polar surface area (TPSA) is 0 Å². The van der Waals surface area contributed by atoms with E-state index in [1.807, 2.05) is 0 Å². The Labute approximate surface area is 229 Å². The van der Waals surface area contributed by atoms with E-state index >= 15 is 0 Å². The molecule has 0 aromatic heterocycles. The average molecular weight is 577 g/mol. The molecule has 0 aliphatic heterocycles. The molecule has 1 aliphatic rings. The minimum Gasteiger partial charge on any atom is -0.147 e. The van der Waals surface area contributed by atoms with E-state index in [4.69, 9.17) is 0 Å². The van der Waals surface area contributed by atoms with Crippen molar-refractivity contribution in [3.63, 3.8) is 0 Å². The molecule has 0 spiro atoms. The number of hydrogen-bond acceptors (Lipinski definition) is 0. The first kappa shape index (κ1) is 32.2. The fourth-order valence-corrected chi connectivity index (χ4v) is 3.97. The molecule has 1 aliphatic carbocycles. The molecule has 0 fully saturated rings. The predicted octanol–water partition coefficient (Wildman–Crippen LogP) is 9.50. The monoisotopic (exact) mass is 574 g/mol. The Morgan fingerprint density at radius 3 is 1.79 bits per heavy atom. The number of fused-ring (bicyclic) bond motifs is 1. The normalized spacial score (nSPS) is 14.3. The van der Waals surface area contributed by atoms with Crippen molar-refractivity contribution in [1.82, 2.24) is 0 Å². The molecule has 0 radical (unpaired) electrons. The summed E-state index contributed by atoms with van der Waals surface area (Å²) in [6.07, 6.45) is 3.36. The Kier molecular flexibility index (Phi) is 14.2. The Balaban J connectivity index is 0.000000580. The van der Waals surface area contributed by atoms with E-state index in [9.17, 15) is 0 Å². The van der Waals surface area contributed by atoms with Crippen molar-refractivity contribution in [2.45, 2.75) is 61.6 Å². The number of aryl methyl sites for hydroxylation is 3. The van der Waals surface area contributed by atoms with Crippen LogP contribution in [0.5, 0.6) is 0 Å². The van der Waals surface area contributed by atoms with Crippen LogP contribution in [0.1, 0.15) is 44.4 Å². The van der Waals surface area contributed by atoms with Gasteiger partial charge < -0.3 is 0 Å². The second-order valence-electron chi connectivity index (χ2n) is 8.86. The van der Waals surface area contributed by atoms with E-state index < -0.39 is 0 Å². The molecule has 0 bridgehead atoms. The third-order valence-corrected chi connectivity index (χ3v) is 5.98. The zero-order valence-corrected chi connectivity index (χ0v) is 26.6. The summed E-state index contributed by atoms with van der Waals surface area (Å²) >= 11 is 1.74. The summed E-state index contributed by atoms with van der Waals surface area (Å²) in [7, 11) is 0. The van der Waals surface area contributed by atoms with Gasteiger partial charge in [-0.3, -0.25) is 6.08 Å². The molecule has 1 unspecified atom stereocenters. The summed E-state index contributed by atoms with van der Waals surface area (Å²) in [6, 6.07) is 17.4. The van der Waals surface area contributed by atoms with Crippen LogP contribution in [-0.4, -0.2) is 5.43 Å². The van der Waals surface area contributed by atoms with Crippen molar-refractivity contribution < 1.29 is 23.3 Å². The molecule has 3 aromatic carbocycles. The molecule has 4 rings (SSSR count). The van der Waals surface area contributed by atoms with Gasteiger partial charge in [0.1, 0.15) is 0 Å². The molecule has 0 heterocycles. The molecule has 3 aromatic rings. The summed E-state index contributed by atoms with van der Waals surface area (Å²) in [4.78, 5) is 0. The minimum atomic E-state index is 0. The maximum Gasteiger partial charge on any atom is -0.0487 e. The largest absolute Gasteiger partial charge is 0.147 e. The standard InChI is InChI=1S/C18H17.C9H13.C2H6Si.2ClH.Zr/c1-12-9-10-13(2)18-16(12)11-14(3)17(18)15-7-5-4-6-8-15;1-6-5-7(2)9(4)8(6)3;1-3-2;;;/h4-11H,1-3H3;6H,1-4H3;1-2H3;2*1H;/q2*-1;;;;+2. The summed E-state index contributed by atoms with van der Waals surface area (Å²) in [5, 5.41) is 2.81. The van der Waals surface area contributed by atoms with E-state index in [-0.39, 0.29) is 30.2 Å².